The summed E-state index contributed by atoms with van der Waals surface area (Å²) in [6.07, 6.45) is 0. The second-order valence-electron chi connectivity index (χ2n) is 7.10. The summed E-state index contributed by atoms with van der Waals surface area (Å²) in [4.78, 5) is 24.9. The molecule has 0 saturated carbocycles. The Bertz CT molecular complexity index is 1250. The molecule has 0 unspecified atom stereocenters. The molecule has 0 aliphatic carbocycles. The van der Waals surface area contributed by atoms with Crippen molar-refractivity contribution < 1.29 is 22.7 Å². The van der Waals surface area contributed by atoms with Gasteiger partial charge in [-0.2, -0.15) is 0 Å². The maximum absolute atomic E-state index is 13.3. The minimum absolute atomic E-state index is 0.0793. The van der Waals surface area contributed by atoms with Crippen molar-refractivity contribution >= 4 is 49.2 Å². The summed E-state index contributed by atoms with van der Waals surface area (Å²) in [7, 11) is -3.99. The van der Waals surface area contributed by atoms with Crippen LogP contribution in [-0.2, 0) is 19.6 Å². The van der Waals surface area contributed by atoms with Gasteiger partial charge >= 0.3 is 5.97 Å². The quantitative estimate of drug-likeness (QED) is 0.423. The van der Waals surface area contributed by atoms with Crippen molar-refractivity contribution in [3.8, 4) is 0 Å². The van der Waals surface area contributed by atoms with Gasteiger partial charge in [0.15, 0.2) is 0 Å². The lowest BCUT2D eigenvalue weighted by Gasteiger charge is -2.24. The van der Waals surface area contributed by atoms with E-state index in [1.807, 2.05) is 0 Å². The molecule has 0 spiro atoms. The highest BCUT2D eigenvalue weighted by Gasteiger charge is 2.27. The van der Waals surface area contributed by atoms with Crippen LogP contribution in [0.25, 0.3) is 0 Å². The first-order valence-electron chi connectivity index (χ1n) is 10.1. The molecule has 3 aromatic carbocycles. The molecule has 0 fully saturated rings. The fourth-order valence-electron chi connectivity index (χ4n) is 3.11. The topological polar surface area (TPSA) is 92.8 Å². The van der Waals surface area contributed by atoms with E-state index in [1.54, 1.807) is 74.5 Å². The van der Waals surface area contributed by atoms with Crippen LogP contribution < -0.4 is 9.62 Å². The van der Waals surface area contributed by atoms with Crippen molar-refractivity contribution in [3.05, 3.63) is 88.4 Å². The van der Waals surface area contributed by atoms with Gasteiger partial charge in [0, 0.05) is 10.2 Å². The zero-order chi connectivity index (χ0) is 24.0. The number of carbonyl (C=O) groups excluding carboxylic acids is 2. The summed E-state index contributed by atoms with van der Waals surface area (Å²) in [5.41, 5.74) is 1.85. The smallest absolute Gasteiger partial charge is 0.338 e. The van der Waals surface area contributed by atoms with E-state index < -0.39 is 28.4 Å². The third-order valence-electron chi connectivity index (χ3n) is 4.74. The van der Waals surface area contributed by atoms with Crippen LogP contribution in [0.15, 0.2) is 82.2 Å². The lowest BCUT2D eigenvalue weighted by molar-refractivity contribution is -0.114. The third kappa shape index (κ3) is 6.00. The summed E-state index contributed by atoms with van der Waals surface area (Å²) < 4.78 is 33.5. The van der Waals surface area contributed by atoms with Crippen LogP contribution in [-0.4, -0.2) is 33.4 Å². The van der Waals surface area contributed by atoms with Gasteiger partial charge in [-0.25, -0.2) is 13.2 Å². The summed E-state index contributed by atoms with van der Waals surface area (Å²) in [5, 5.41) is 2.74. The molecule has 0 heterocycles. The molecule has 0 bridgehead atoms. The predicted molar refractivity (Wildman–Crippen MR) is 131 cm³/mol. The molecule has 0 aromatic heterocycles. The normalized spacial score (nSPS) is 11.0. The van der Waals surface area contributed by atoms with Gasteiger partial charge in [0.05, 0.1) is 22.8 Å². The van der Waals surface area contributed by atoms with E-state index in [0.29, 0.717) is 22.5 Å². The molecule has 1 N–H and O–H groups in total. The van der Waals surface area contributed by atoms with Crippen LogP contribution in [0.5, 0.6) is 0 Å². The Kier molecular flexibility index (Phi) is 7.88. The Labute approximate surface area is 201 Å². The zero-order valence-electron chi connectivity index (χ0n) is 18.1. The molecule has 0 atom stereocenters. The number of hydrogen-bond donors (Lipinski definition) is 1. The number of ether oxygens (including phenoxy) is 1. The number of anilines is 2. The van der Waals surface area contributed by atoms with E-state index in [-0.39, 0.29) is 11.5 Å². The molecule has 3 aromatic rings. The van der Waals surface area contributed by atoms with E-state index >= 15 is 0 Å². The van der Waals surface area contributed by atoms with Crippen LogP contribution in [0.3, 0.4) is 0 Å². The van der Waals surface area contributed by atoms with Crippen LogP contribution in [0.4, 0.5) is 11.4 Å². The Hall–Kier alpha value is -3.17. The van der Waals surface area contributed by atoms with Crippen molar-refractivity contribution in [2.24, 2.45) is 0 Å². The lowest BCUT2D eigenvalue weighted by Crippen LogP contribution is -2.38. The fourth-order valence-corrected chi connectivity index (χ4v) is 4.81. The van der Waals surface area contributed by atoms with Crippen molar-refractivity contribution in [2.45, 2.75) is 18.7 Å². The average molecular weight is 531 g/mol. The van der Waals surface area contributed by atoms with Crippen molar-refractivity contribution in [1.82, 2.24) is 0 Å². The Morgan fingerprint density at radius 3 is 2.27 bits per heavy atom. The van der Waals surface area contributed by atoms with E-state index in [4.69, 9.17) is 4.74 Å². The molecular formula is C24H23BrN2O5S. The maximum Gasteiger partial charge on any atom is 0.338 e. The molecule has 0 aliphatic rings. The highest BCUT2D eigenvalue weighted by Crippen LogP contribution is 2.26. The number of nitrogens with zero attached hydrogens (tertiary/aromatic N) is 1. The number of rotatable bonds is 8. The first-order chi connectivity index (χ1) is 15.7. The SMILES string of the molecule is CCOC(=O)c1ccc(NC(=O)CN(c2ccc(Br)cc2)S(=O)(=O)c2ccccc2)c(C)c1. The van der Waals surface area contributed by atoms with Crippen molar-refractivity contribution in [1.29, 1.82) is 0 Å². The van der Waals surface area contributed by atoms with E-state index in [2.05, 4.69) is 21.2 Å². The number of esters is 1. The highest BCUT2D eigenvalue weighted by molar-refractivity contribution is 9.10. The highest BCUT2D eigenvalue weighted by atomic mass is 79.9. The van der Waals surface area contributed by atoms with Gasteiger partial charge in [-0.05, 0) is 74.0 Å². The summed E-state index contributed by atoms with van der Waals surface area (Å²) >= 11 is 3.34. The van der Waals surface area contributed by atoms with Gasteiger partial charge < -0.3 is 10.1 Å². The van der Waals surface area contributed by atoms with Crippen LogP contribution in [0, 0.1) is 6.92 Å². The van der Waals surface area contributed by atoms with Crippen LogP contribution in [0.2, 0.25) is 0 Å². The number of halogens is 1. The van der Waals surface area contributed by atoms with E-state index in [1.165, 1.54) is 12.1 Å². The number of benzene rings is 3. The second kappa shape index (κ2) is 10.6. The van der Waals surface area contributed by atoms with Gasteiger partial charge in [0.25, 0.3) is 10.0 Å². The molecule has 7 nitrogen and oxygen atoms in total. The van der Waals surface area contributed by atoms with Crippen LogP contribution in [0.1, 0.15) is 22.8 Å². The monoisotopic (exact) mass is 530 g/mol. The fraction of sp³-hybridized carbons (Fsp3) is 0.167. The lowest BCUT2D eigenvalue weighted by atomic mass is 10.1. The van der Waals surface area contributed by atoms with Gasteiger partial charge in [-0.1, -0.05) is 34.1 Å². The third-order valence-corrected chi connectivity index (χ3v) is 7.06. The zero-order valence-corrected chi connectivity index (χ0v) is 20.5. The Balaban J connectivity index is 1.87. The number of amides is 1. The molecule has 172 valence electrons. The molecular weight excluding hydrogens is 508 g/mol. The number of aryl methyl sites for hydroxylation is 1. The average Bonchev–Trinajstić information content (AvgIpc) is 2.80. The number of carbonyl (C=O) groups is 2. The maximum atomic E-state index is 13.3. The standard InChI is InChI=1S/C24H23BrN2O5S/c1-3-32-24(29)18-9-14-22(17(2)15-18)26-23(28)16-27(20-12-10-19(25)11-13-20)33(30,31)21-7-5-4-6-8-21/h4-15H,3,16H2,1-2H3,(H,26,28). The van der Waals surface area contributed by atoms with E-state index in [0.717, 1.165) is 8.78 Å². The van der Waals surface area contributed by atoms with Gasteiger partial charge in [-0.3, -0.25) is 9.10 Å². The Morgan fingerprint density at radius 2 is 1.67 bits per heavy atom. The number of sulfonamides is 1. The minimum atomic E-state index is -3.99. The predicted octanol–water partition coefficient (Wildman–Crippen LogP) is 4.77. The summed E-state index contributed by atoms with van der Waals surface area (Å²) in [5.74, 6) is -0.974. The molecule has 0 aliphatic heterocycles. The molecule has 3 rings (SSSR count). The molecule has 33 heavy (non-hydrogen) atoms. The number of hydrogen-bond acceptors (Lipinski definition) is 5. The largest absolute Gasteiger partial charge is 0.462 e. The summed E-state index contributed by atoms with van der Waals surface area (Å²) in [6.45, 7) is 3.29. The van der Waals surface area contributed by atoms with Gasteiger partial charge in [0.1, 0.15) is 6.54 Å². The second-order valence-corrected chi connectivity index (χ2v) is 9.88. The van der Waals surface area contributed by atoms with Gasteiger partial charge in [-0.15, -0.1) is 0 Å². The van der Waals surface area contributed by atoms with Gasteiger partial charge in [0.2, 0.25) is 5.91 Å². The van der Waals surface area contributed by atoms with Crippen molar-refractivity contribution in [2.75, 3.05) is 22.8 Å². The first kappa shape index (κ1) is 24.5. The van der Waals surface area contributed by atoms with Crippen molar-refractivity contribution in [3.63, 3.8) is 0 Å². The Morgan fingerprint density at radius 1 is 1.00 bits per heavy atom. The molecule has 0 radical (unpaired) electrons. The molecule has 9 heteroatoms. The number of nitrogens with one attached hydrogen (secondary N) is 1. The van der Waals surface area contributed by atoms with Crippen LogP contribution >= 0.6 is 15.9 Å². The first-order valence-corrected chi connectivity index (χ1v) is 12.4. The minimum Gasteiger partial charge on any atom is -0.462 e. The van der Waals surface area contributed by atoms with E-state index in [9.17, 15) is 18.0 Å². The molecule has 0 saturated heterocycles. The summed E-state index contributed by atoms with van der Waals surface area (Å²) in [6, 6.07) is 19.4. The molecule has 1 amide bonds.